The first-order chi connectivity index (χ1) is 5.74. The molecule has 1 fully saturated rings. The second-order valence-corrected chi connectivity index (χ2v) is 3.76. The van der Waals surface area contributed by atoms with Crippen molar-refractivity contribution in [3.63, 3.8) is 0 Å². The Labute approximate surface area is 75.2 Å². The molecule has 0 radical (unpaired) electrons. The van der Waals surface area contributed by atoms with Crippen LogP contribution in [0, 0.1) is 10.7 Å². The highest BCUT2D eigenvalue weighted by atomic mass is 32.2. The number of hydrogen-bond acceptors (Lipinski definition) is 3. The van der Waals surface area contributed by atoms with E-state index in [1.54, 1.807) is 0 Å². The van der Waals surface area contributed by atoms with E-state index in [9.17, 15) is 4.79 Å². The molecule has 1 aliphatic rings. The van der Waals surface area contributed by atoms with Gasteiger partial charge in [0.05, 0.1) is 0 Å². The largest absolute Gasteiger partial charge is 0.465 e. The summed E-state index contributed by atoms with van der Waals surface area (Å²) in [7, 11) is 0. The van der Waals surface area contributed by atoms with E-state index in [-0.39, 0.29) is 0 Å². The SMILES string of the molecule is N#CSC1CCN(C(=O)O)CC1. The van der Waals surface area contributed by atoms with Crippen molar-refractivity contribution in [2.75, 3.05) is 13.1 Å². The molecule has 1 aliphatic heterocycles. The lowest BCUT2D eigenvalue weighted by atomic mass is 10.1. The number of thioether (sulfide) groups is 1. The Bertz CT molecular complexity index is 206. The smallest absolute Gasteiger partial charge is 0.407 e. The summed E-state index contributed by atoms with van der Waals surface area (Å²) >= 11 is 1.25. The molecule has 0 aromatic carbocycles. The van der Waals surface area contributed by atoms with Crippen molar-refractivity contribution in [3.8, 4) is 5.40 Å². The van der Waals surface area contributed by atoms with Crippen LogP contribution in [0.4, 0.5) is 4.79 Å². The fourth-order valence-corrected chi connectivity index (χ4v) is 1.84. The van der Waals surface area contributed by atoms with Gasteiger partial charge in [-0.25, -0.2) is 4.79 Å². The zero-order chi connectivity index (χ0) is 8.97. The highest BCUT2D eigenvalue weighted by Crippen LogP contribution is 2.21. The summed E-state index contributed by atoms with van der Waals surface area (Å²) in [5.41, 5.74) is 0. The summed E-state index contributed by atoms with van der Waals surface area (Å²) in [6.45, 7) is 1.13. The molecule has 1 N–H and O–H groups in total. The highest BCUT2D eigenvalue weighted by Gasteiger charge is 2.22. The van der Waals surface area contributed by atoms with Gasteiger partial charge in [0.25, 0.3) is 0 Å². The number of carbonyl (C=O) groups is 1. The van der Waals surface area contributed by atoms with Crippen molar-refractivity contribution in [2.45, 2.75) is 18.1 Å². The maximum absolute atomic E-state index is 10.5. The van der Waals surface area contributed by atoms with Gasteiger partial charge in [-0.15, -0.1) is 0 Å². The molecule has 0 aliphatic carbocycles. The van der Waals surface area contributed by atoms with Crippen LogP contribution in [0.1, 0.15) is 12.8 Å². The van der Waals surface area contributed by atoms with Crippen LogP contribution in [0.2, 0.25) is 0 Å². The van der Waals surface area contributed by atoms with Gasteiger partial charge in [0.1, 0.15) is 5.40 Å². The van der Waals surface area contributed by atoms with Crippen molar-refractivity contribution in [3.05, 3.63) is 0 Å². The van der Waals surface area contributed by atoms with E-state index in [1.165, 1.54) is 16.7 Å². The van der Waals surface area contributed by atoms with Gasteiger partial charge in [-0.3, -0.25) is 0 Å². The Hall–Kier alpha value is -0.890. The second-order valence-electron chi connectivity index (χ2n) is 2.68. The third-order valence-electron chi connectivity index (χ3n) is 1.93. The Morgan fingerprint density at radius 1 is 1.58 bits per heavy atom. The Morgan fingerprint density at radius 3 is 2.58 bits per heavy atom. The van der Waals surface area contributed by atoms with Crippen LogP contribution in [-0.4, -0.2) is 34.4 Å². The third kappa shape index (κ3) is 2.31. The van der Waals surface area contributed by atoms with Gasteiger partial charge in [-0.1, -0.05) is 0 Å². The van der Waals surface area contributed by atoms with Crippen LogP contribution < -0.4 is 0 Å². The lowest BCUT2D eigenvalue weighted by Crippen LogP contribution is -2.38. The first kappa shape index (κ1) is 9.20. The van der Waals surface area contributed by atoms with Crippen LogP contribution in [0.25, 0.3) is 0 Å². The normalized spacial score (nSPS) is 18.8. The molecule has 1 saturated heterocycles. The Balaban J connectivity index is 2.30. The Morgan fingerprint density at radius 2 is 2.17 bits per heavy atom. The lowest BCUT2D eigenvalue weighted by Gasteiger charge is -2.27. The number of carboxylic acid groups (broad SMARTS) is 1. The standard InChI is InChI=1S/C7H10N2O2S/c8-5-12-6-1-3-9(4-2-6)7(10)11/h6H,1-4H2,(H,10,11). The summed E-state index contributed by atoms with van der Waals surface area (Å²) in [6.07, 6.45) is 0.741. The minimum Gasteiger partial charge on any atom is -0.465 e. The lowest BCUT2D eigenvalue weighted by molar-refractivity contribution is 0.137. The minimum atomic E-state index is -0.851. The topological polar surface area (TPSA) is 64.3 Å². The summed E-state index contributed by atoms with van der Waals surface area (Å²) in [4.78, 5) is 11.9. The summed E-state index contributed by atoms with van der Waals surface area (Å²) < 4.78 is 0. The molecular formula is C7H10N2O2S. The third-order valence-corrected chi connectivity index (χ3v) is 2.84. The molecule has 0 bridgehead atoms. The van der Waals surface area contributed by atoms with E-state index in [2.05, 4.69) is 0 Å². The fourth-order valence-electron chi connectivity index (χ4n) is 1.24. The van der Waals surface area contributed by atoms with Crippen molar-refractivity contribution >= 4 is 17.9 Å². The maximum atomic E-state index is 10.5. The van der Waals surface area contributed by atoms with Crippen molar-refractivity contribution in [1.82, 2.24) is 4.90 Å². The predicted molar refractivity (Wildman–Crippen MR) is 45.8 cm³/mol. The van der Waals surface area contributed by atoms with Crippen LogP contribution in [0.3, 0.4) is 0 Å². The van der Waals surface area contributed by atoms with Crippen LogP contribution >= 0.6 is 11.8 Å². The number of nitrogens with zero attached hydrogens (tertiary/aromatic N) is 2. The molecule has 12 heavy (non-hydrogen) atoms. The second kappa shape index (κ2) is 4.21. The molecule has 66 valence electrons. The van der Waals surface area contributed by atoms with Crippen molar-refractivity contribution in [2.24, 2.45) is 0 Å². The van der Waals surface area contributed by atoms with E-state index in [0.29, 0.717) is 18.3 Å². The summed E-state index contributed by atoms with van der Waals surface area (Å²) in [5, 5.41) is 19.3. The molecule has 0 atom stereocenters. The minimum absolute atomic E-state index is 0.325. The van der Waals surface area contributed by atoms with Crippen LogP contribution in [-0.2, 0) is 0 Å². The monoisotopic (exact) mass is 186 g/mol. The van der Waals surface area contributed by atoms with E-state index in [4.69, 9.17) is 10.4 Å². The first-order valence-corrected chi connectivity index (χ1v) is 4.64. The van der Waals surface area contributed by atoms with Crippen LogP contribution in [0.15, 0.2) is 0 Å². The average molecular weight is 186 g/mol. The van der Waals surface area contributed by atoms with E-state index in [0.717, 1.165) is 12.8 Å². The fraction of sp³-hybridized carbons (Fsp3) is 0.714. The van der Waals surface area contributed by atoms with Crippen molar-refractivity contribution in [1.29, 1.82) is 5.26 Å². The molecule has 0 saturated carbocycles. The quantitative estimate of drug-likeness (QED) is 0.628. The molecule has 0 aromatic heterocycles. The summed E-state index contributed by atoms with van der Waals surface area (Å²) in [6, 6.07) is 0. The molecule has 0 aromatic rings. The van der Waals surface area contributed by atoms with Gasteiger partial charge in [0.2, 0.25) is 0 Å². The zero-order valence-electron chi connectivity index (χ0n) is 6.56. The number of likely N-dealkylation sites (tertiary alicyclic amines) is 1. The number of rotatable bonds is 1. The average Bonchev–Trinajstić information content (AvgIpc) is 2.06. The van der Waals surface area contributed by atoms with Crippen LogP contribution in [0.5, 0.6) is 0 Å². The molecule has 1 heterocycles. The molecular weight excluding hydrogens is 176 g/mol. The predicted octanol–water partition coefficient (Wildman–Crippen LogP) is 1.34. The van der Waals surface area contributed by atoms with E-state index in [1.807, 2.05) is 5.40 Å². The summed E-state index contributed by atoms with van der Waals surface area (Å²) in [5.74, 6) is 0. The number of hydrogen-bond donors (Lipinski definition) is 1. The molecule has 5 heteroatoms. The molecule has 1 rings (SSSR count). The van der Waals surface area contributed by atoms with Gasteiger partial charge in [0.15, 0.2) is 0 Å². The first-order valence-electron chi connectivity index (χ1n) is 3.76. The van der Waals surface area contributed by atoms with E-state index < -0.39 is 6.09 Å². The zero-order valence-corrected chi connectivity index (χ0v) is 7.38. The van der Waals surface area contributed by atoms with Gasteiger partial charge < -0.3 is 10.0 Å². The molecule has 1 amide bonds. The maximum Gasteiger partial charge on any atom is 0.407 e. The van der Waals surface area contributed by atoms with Gasteiger partial charge in [-0.05, 0) is 24.6 Å². The van der Waals surface area contributed by atoms with Gasteiger partial charge in [0, 0.05) is 18.3 Å². The number of nitriles is 1. The van der Waals surface area contributed by atoms with Gasteiger partial charge in [-0.2, -0.15) is 5.26 Å². The number of thiocyanates is 1. The number of amides is 1. The van der Waals surface area contributed by atoms with E-state index >= 15 is 0 Å². The van der Waals surface area contributed by atoms with Gasteiger partial charge >= 0.3 is 6.09 Å². The Kier molecular flexibility index (Phi) is 3.23. The molecule has 0 spiro atoms. The van der Waals surface area contributed by atoms with Crippen molar-refractivity contribution < 1.29 is 9.90 Å². The molecule has 0 unspecified atom stereocenters. The molecule has 4 nitrogen and oxygen atoms in total. The highest BCUT2D eigenvalue weighted by molar-refractivity contribution is 8.04. The number of piperidine rings is 1.